The Hall–Kier alpha value is -1.95. The Morgan fingerprint density at radius 2 is 1.87 bits per heavy atom. The van der Waals surface area contributed by atoms with Gasteiger partial charge < -0.3 is 11.1 Å². The summed E-state index contributed by atoms with van der Waals surface area (Å²) in [6, 6.07) is 8.62. The number of nitrogens with two attached hydrogens (primary N) is 1. The number of guanidine groups is 1. The maximum absolute atomic E-state index is 11.5. The molecule has 0 aliphatic heterocycles. The minimum Gasteiger partial charge on any atom is -0.370 e. The van der Waals surface area contributed by atoms with Gasteiger partial charge in [0.05, 0.1) is 0 Å². The number of hydrogen-bond donors (Lipinski definition) is 4. The molecule has 1 aromatic rings. The second-order valence-corrected chi connectivity index (χ2v) is 3.10. The van der Waals surface area contributed by atoms with E-state index < -0.39 is 0 Å². The quantitative estimate of drug-likeness (QED) is 0.310. The van der Waals surface area contributed by atoms with Gasteiger partial charge in [-0.1, -0.05) is 18.2 Å². The molecule has 0 aromatic heterocycles. The standard InChI is InChI=1S/C9H10N4OS/c10-8(11)13-9(15)12-7(14)6-4-2-1-3-5-6/h1-5H,(H5,10,11,12,13,14,15). The zero-order chi connectivity index (χ0) is 11.3. The van der Waals surface area contributed by atoms with E-state index in [1.54, 1.807) is 24.3 Å². The normalized spacial score (nSPS) is 9.07. The van der Waals surface area contributed by atoms with E-state index in [0.29, 0.717) is 5.56 Å². The highest BCUT2D eigenvalue weighted by Crippen LogP contribution is 1.97. The van der Waals surface area contributed by atoms with Crippen molar-refractivity contribution < 1.29 is 4.79 Å². The van der Waals surface area contributed by atoms with Crippen molar-refractivity contribution in [1.29, 1.82) is 5.41 Å². The van der Waals surface area contributed by atoms with Gasteiger partial charge >= 0.3 is 0 Å². The number of nitrogens with one attached hydrogen (secondary N) is 3. The fraction of sp³-hybridized carbons (Fsp3) is 0. The van der Waals surface area contributed by atoms with Crippen molar-refractivity contribution in [2.24, 2.45) is 5.73 Å². The fourth-order valence-corrected chi connectivity index (χ4v) is 1.12. The van der Waals surface area contributed by atoms with Gasteiger partial charge in [0.25, 0.3) is 5.91 Å². The van der Waals surface area contributed by atoms with Crippen LogP contribution < -0.4 is 16.4 Å². The Morgan fingerprint density at radius 1 is 1.27 bits per heavy atom. The molecule has 0 unspecified atom stereocenters. The van der Waals surface area contributed by atoms with Gasteiger partial charge in [-0.2, -0.15) is 0 Å². The maximum atomic E-state index is 11.5. The van der Waals surface area contributed by atoms with Gasteiger partial charge in [0.1, 0.15) is 0 Å². The smallest absolute Gasteiger partial charge is 0.257 e. The molecule has 15 heavy (non-hydrogen) atoms. The third kappa shape index (κ3) is 3.74. The first-order chi connectivity index (χ1) is 7.09. The Morgan fingerprint density at radius 3 is 2.40 bits per heavy atom. The molecule has 0 atom stereocenters. The fourth-order valence-electron chi connectivity index (χ4n) is 0.918. The van der Waals surface area contributed by atoms with Crippen LogP contribution in [0.25, 0.3) is 0 Å². The van der Waals surface area contributed by atoms with Crippen LogP contribution in [-0.4, -0.2) is 17.0 Å². The highest BCUT2D eigenvalue weighted by atomic mass is 32.1. The number of benzene rings is 1. The average molecular weight is 222 g/mol. The van der Waals surface area contributed by atoms with Crippen LogP contribution in [0.2, 0.25) is 0 Å². The summed E-state index contributed by atoms with van der Waals surface area (Å²) in [4.78, 5) is 11.5. The molecule has 0 saturated carbocycles. The van der Waals surface area contributed by atoms with Crippen molar-refractivity contribution in [3.63, 3.8) is 0 Å². The zero-order valence-corrected chi connectivity index (χ0v) is 8.60. The lowest BCUT2D eigenvalue weighted by Gasteiger charge is -2.07. The molecule has 0 radical (unpaired) electrons. The van der Waals surface area contributed by atoms with Gasteiger partial charge in [0.2, 0.25) is 0 Å². The highest BCUT2D eigenvalue weighted by molar-refractivity contribution is 7.80. The summed E-state index contributed by atoms with van der Waals surface area (Å²) in [5, 5.41) is 11.6. The molecule has 78 valence electrons. The van der Waals surface area contributed by atoms with Gasteiger partial charge in [-0.25, -0.2) is 0 Å². The van der Waals surface area contributed by atoms with Crippen LogP contribution in [0.1, 0.15) is 10.4 Å². The van der Waals surface area contributed by atoms with Crippen LogP contribution in [0.4, 0.5) is 0 Å². The van der Waals surface area contributed by atoms with Crippen molar-refractivity contribution in [2.75, 3.05) is 0 Å². The minimum absolute atomic E-state index is 0.0105. The van der Waals surface area contributed by atoms with Crippen molar-refractivity contribution in [3.8, 4) is 0 Å². The first-order valence-corrected chi connectivity index (χ1v) is 4.52. The first kappa shape index (κ1) is 11.1. The molecule has 0 aliphatic rings. The van der Waals surface area contributed by atoms with E-state index in [0.717, 1.165) is 0 Å². The molecular formula is C9H10N4OS. The molecule has 0 fully saturated rings. The third-order valence-electron chi connectivity index (χ3n) is 1.51. The van der Waals surface area contributed by atoms with Gasteiger partial charge in [-0.3, -0.25) is 15.5 Å². The van der Waals surface area contributed by atoms with Crippen LogP contribution in [-0.2, 0) is 0 Å². The largest absolute Gasteiger partial charge is 0.370 e. The SMILES string of the molecule is N=C(N)NC(=S)NC(=O)c1ccccc1. The summed E-state index contributed by atoms with van der Waals surface area (Å²) in [5.41, 5.74) is 5.53. The molecule has 5 nitrogen and oxygen atoms in total. The van der Waals surface area contributed by atoms with Crippen molar-refractivity contribution in [3.05, 3.63) is 35.9 Å². The topological polar surface area (TPSA) is 91.0 Å². The Bertz CT molecular complexity index is 390. The lowest BCUT2D eigenvalue weighted by Crippen LogP contribution is -2.44. The Labute approximate surface area is 92.2 Å². The predicted molar refractivity (Wildman–Crippen MR) is 61.6 cm³/mol. The van der Waals surface area contributed by atoms with Gasteiger partial charge in [0, 0.05) is 5.56 Å². The van der Waals surface area contributed by atoms with Crippen LogP contribution in [0.3, 0.4) is 0 Å². The molecule has 0 aliphatic carbocycles. The van der Waals surface area contributed by atoms with Gasteiger partial charge in [-0.15, -0.1) is 0 Å². The molecule has 1 amide bonds. The molecule has 0 heterocycles. The van der Waals surface area contributed by atoms with Crippen LogP contribution in [0.15, 0.2) is 30.3 Å². The summed E-state index contributed by atoms with van der Waals surface area (Å²) in [7, 11) is 0. The number of thiocarbonyl (C=S) groups is 1. The van der Waals surface area contributed by atoms with Crippen molar-refractivity contribution in [2.45, 2.75) is 0 Å². The molecule has 0 saturated heterocycles. The van der Waals surface area contributed by atoms with E-state index in [9.17, 15) is 4.79 Å². The molecular weight excluding hydrogens is 212 g/mol. The van der Waals surface area contributed by atoms with Crippen molar-refractivity contribution >= 4 is 29.2 Å². The maximum Gasteiger partial charge on any atom is 0.257 e. The molecule has 0 bridgehead atoms. The van der Waals surface area contributed by atoms with E-state index in [1.807, 2.05) is 6.07 Å². The van der Waals surface area contributed by atoms with Crippen molar-refractivity contribution in [1.82, 2.24) is 10.6 Å². The van der Waals surface area contributed by atoms with E-state index in [4.69, 9.17) is 23.4 Å². The van der Waals surface area contributed by atoms with E-state index in [1.165, 1.54) is 0 Å². The summed E-state index contributed by atoms with van der Waals surface area (Å²) < 4.78 is 0. The van der Waals surface area contributed by atoms with Gasteiger partial charge in [-0.05, 0) is 24.4 Å². The molecule has 5 N–H and O–H groups in total. The van der Waals surface area contributed by atoms with Crippen LogP contribution in [0.5, 0.6) is 0 Å². The number of amides is 1. The van der Waals surface area contributed by atoms with E-state index in [2.05, 4.69) is 10.6 Å². The first-order valence-electron chi connectivity index (χ1n) is 4.11. The Balaban J connectivity index is 2.57. The summed E-state index contributed by atoms with van der Waals surface area (Å²) in [6.45, 7) is 0. The second-order valence-electron chi connectivity index (χ2n) is 2.69. The average Bonchev–Trinajstić information content (AvgIpc) is 2.17. The number of carbonyl (C=O) groups excluding carboxylic acids is 1. The van der Waals surface area contributed by atoms with Crippen LogP contribution >= 0.6 is 12.2 Å². The summed E-state index contributed by atoms with van der Waals surface area (Å²) in [6.07, 6.45) is 0. The molecule has 6 heteroatoms. The molecule has 1 aromatic carbocycles. The molecule has 0 spiro atoms. The number of hydrogen-bond acceptors (Lipinski definition) is 3. The lowest BCUT2D eigenvalue weighted by molar-refractivity contribution is 0.0977. The monoisotopic (exact) mass is 222 g/mol. The summed E-state index contributed by atoms with van der Waals surface area (Å²) >= 11 is 4.74. The number of carbonyl (C=O) groups is 1. The van der Waals surface area contributed by atoms with Crippen LogP contribution in [0, 0.1) is 5.41 Å². The molecule has 1 rings (SSSR count). The third-order valence-corrected chi connectivity index (χ3v) is 1.72. The second kappa shape index (κ2) is 5.06. The highest BCUT2D eigenvalue weighted by Gasteiger charge is 2.06. The zero-order valence-electron chi connectivity index (χ0n) is 7.78. The minimum atomic E-state index is -0.339. The van der Waals surface area contributed by atoms with Gasteiger partial charge in [0.15, 0.2) is 11.1 Å². The predicted octanol–water partition coefficient (Wildman–Crippen LogP) is 0.184. The van der Waals surface area contributed by atoms with E-state index in [-0.39, 0.29) is 17.0 Å². The number of rotatable bonds is 1. The Kier molecular flexibility index (Phi) is 3.75. The summed E-state index contributed by atoms with van der Waals surface area (Å²) in [5.74, 6) is -0.650. The lowest BCUT2D eigenvalue weighted by atomic mass is 10.2. The van der Waals surface area contributed by atoms with E-state index >= 15 is 0 Å².